The molecule has 1 amide bonds. The summed E-state index contributed by atoms with van der Waals surface area (Å²) in [6.07, 6.45) is 0.372. The average molecular weight is 343 g/mol. The molecule has 7 nitrogen and oxygen atoms in total. The molecule has 0 bridgehead atoms. The Labute approximate surface area is 135 Å². The number of ether oxygens (including phenoxy) is 3. The Bertz CT molecular complexity index is 685. The van der Waals surface area contributed by atoms with Crippen LogP contribution in [0.5, 0.6) is 17.2 Å². The second kappa shape index (κ2) is 7.08. The Morgan fingerprint density at radius 1 is 1.13 bits per heavy atom. The lowest BCUT2D eigenvalue weighted by Crippen LogP contribution is -2.31. The van der Waals surface area contributed by atoms with Crippen LogP contribution in [0, 0.1) is 5.92 Å². The second-order valence-electron chi connectivity index (χ2n) is 5.34. The number of carbonyl (C=O) groups excluding carboxylic acids is 1. The summed E-state index contributed by atoms with van der Waals surface area (Å²) in [5.74, 6) is 0.866. The van der Waals surface area contributed by atoms with E-state index in [1.165, 1.54) is 21.3 Å². The zero-order valence-corrected chi connectivity index (χ0v) is 14.2. The molecule has 1 aromatic carbocycles. The minimum absolute atomic E-state index is 0.0742. The van der Waals surface area contributed by atoms with E-state index >= 15 is 0 Å². The van der Waals surface area contributed by atoms with Gasteiger partial charge in [0.05, 0.1) is 38.8 Å². The molecule has 8 heteroatoms. The minimum atomic E-state index is -3.08. The molecule has 1 fully saturated rings. The summed E-state index contributed by atoms with van der Waals surface area (Å²) >= 11 is 0. The number of hydrogen-bond acceptors (Lipinski definition) is 6. The lowest BCUT2D eigenvalue weighted by Gasteiger charge is -2.15. The summed E-state index contributed by atoms with van der Waals surface area (Å²) in [7, 11) is 1.50. The van der Waals surface area contributed by atoms with Gasteiger partial charge >= 0.3 is 0 Å². The summed E-state index contributed by atoms with van der Waals surface area (Å²) < 4.78 is 38.6. The van der Waals surface area contributed by atoms with Crippen molar-refractivity contribution in [1.82, 2.24) is 5.32 Å². The molecule has 1 aliphatic rings. The molecule has 0 aliphatic carbocycles. The van der Waals surface area contributed by atoms with Crippen LogP contribution in [-0.4, -0.2) is 47.2 Å². The van der Waals surface area contributed by atoms with E-state index in [9.17, 15) is 13.2 Å². The van der Waals surface area contributed by atoms with Gasteiger partial charge in [-0.1, -0.05) is 0 Å². The van der Waals surface area contributed by atoms with Crippen LogP contribution in [0.4, 0.5) is 0 Å². The standard InChI is InChI=1S/C15H21NO6S/c1-20-12-7-14(22-3)13(21-2)6-11(12)8-16-15(17)10-4-5-23(18,19)9-10/h6-7,10H,4-5,8-9H2,1-3H3,(H,16,17)/t10-/m1/s1. The fourth-order valence-corrected chi connectivity index (χ4v) is 4.30. The number of hydrogen-bond donors (Lipinski definition) is 1. The van der Waals surface area contributed by atoms with Gasteiger partial charge in [0.2, 0.25) is 5.91 Å². The molecule has 0 unspecified atom stereocenters. The molecule has 23 heavy (non-hydrogen) atoms. The highest BCUT2D eigenvalue weighted by Gasteiger charge is 2.32. The van der Waals surface area contributed by atoms with E-state index in [-0.39, 0.29) is 24.0 Å². The van der Waals surface area contributed by atoms with Crippen molar-refractivity contribution in [3.8, 4) is 17.2 Å². The highest BCUT2D eigenvalue weighted by molar-refractivity contribution is 7.91. The van der Waals surface area contributed by atoms with Crippen molar-refractivity contribution in [1.29, 1.82) is 0 Å². The monoisotopic (exact) mass is 343 g/mol. The summed E-state index contributed by atoms with van der Waals surface area (Å²) in [6, 6.07) is 3.41. The smallest absolute Gasteiger partial charge is 0.224 e. The number of carbonyl (C=O) groups is 1. The van der Waals surface area contributed by atoms with E-state index in [2.05, 4.69) is 5.32 Å². The highest BCUT2D eigenvalue weighted by atomic mass is 32.2. The average Bonchev–Trinajstić information content (AvgIpc) is 2.91. The van der Waals surface area contributed by atoms with E-state index in [0.29, 0.717) is 23.7 Å². The summed E-state index contributed by atoms with van der Waals surface area (Å²) in [4.78, 5) is 12.1. The third-order valence-electron chi connectivity index (χ3n) is 3.84. The molecule has 1 heterocycles. The third kappa shape index (κ3) is 4.07. The summed E-state index contributed by atoms with van der Waals surface area (Å²) in [5, 5.41) is 2.76. The number of sulfone groups is 1. The Morgan fingerprint density at radius 3 is 2.26 bits per heavy atom. The van der Waals surface area contributed by atoms with Gasteiger partial charge in [0.25, 0.3) is 0 Å². The first kappa shape index (κ1) is 17.4. The molecule has 0 aromatic heterocycles. The molecular weight excluding hydrogens is 322 g/mol. The van der Waals surface area contributed by atoms with Crippen molar-refractivity contribution in [3.05, 3.63) is 17.7 Å². The van der Waals surface area contributed by atoms with Gasteiger partial charge in [-0.15, -0.1) is 0 Å². The van der Waals surface area contributed by atoms with E-state index in [0.717, 1.165) is 5.56 Å². The molecule has 1 atom stereocenters. The molecule has 1 saturated heterocycles. The number of methoxy groups -OCH3 is 3. The molecule has 0 saturated carbocycles. The predicted octanol–water partition coefficient (Wildman–Crippen LogP) is 0.763. The number of amides is 1. The van der Waals surface area contributed by atoms with Gasteiger partial charge in [-0.3, -0.25) is 4.79 Å². The maximum Gasteiger partial charge on any atom is 0.224 e. The lowest BCUT2D eigenvalue weighted by atomic mass is 10.1. The molecule has 128 valence electrons. The van der Waals surface area contributed by atoms with Gasteiger partial charge in [0.1, 0.15) is 5.75 Å². The lowest BCUT2D eigenvalue weighted by molar-refractivity contribution is -0.124. The fourth-order valence-electron chi connectivity index (χ4n) is 2.56. The Kier molecular flexibility index (Phi) is 5.35. The maximum absolute atomic E-state index is 12.1. The highest BCUT2D eigenvalue weighted by Crippen LogP contribution is 2.34. The first-order valence-corrected chi connectivity index (χ1v) is 8.99. The zero-order valence-electron chi connectivity index (χ0n) is 13.4. The van der Waals surface area contributed by atoms with Crippen LogP contribution >= 0.6 is 0 Å². The Balaban J connectivity index is 2.09. The first-order valence-electron chi connectivity index (χ1n) is 7.17. The van der Waals surface area contributed by atoms with Crippen molar-refractivity contribution in [2.24, 2.45) is 5.92 Å². The second-order valence-corrected chi connectivity index (χ2v) is 7.57. The number of benzene rings is 1. The number of nitrogens with one attached hydrogen (secondary N) is 1. The Hall–Kier alpha value is -1.96. The van der Waals surface area contributed by atoms with E-state index in [1.807, 2.05) is 0 Å². The summed E-state index contributed by atoms with van der Waals surface area (Å²) in [6.45, 7) is 0.221. The van der Waals surface area contributed by atoms with E-state index in [1.54, 1.807) is 12.1 Å². The quantitative estimate of drug-likeness (QED) is 0.820. The molecular formula is C15H21NO6S. The third-order valence-corrected chi connectivity index (χ3v) is 5.61. The van der Waals surface area contributed by atoms with E-state index in [4.69, 9.17) is 14.2 Å². The molecule has 1 N–H and O–H groups in total. The van der Waals surface area contributed by atoms with Crippen molar-refractivity contribution in [2.45, 2.75) is 13.0 Å². The Morgan fingerprint density at radius 2 is 1.74 bits per heavy atom. The van der Waals surface area contributed by atoms with Crippen LogP contribution in [0.1, 0.15) is 12.0 Å². The van der Waals surface area contributed by atoms with Crippen LogP contribution in [-0.2, 0) is 21.2 Å². The van der Waals surface area contributed by atoms with Crippen molar-refractivity contribution in [2.75, 3.05) is 32.8 Å². The van der Waals surface area contributed by atoms with E-state index < -0.39 is 15.8 Å². The van der Waals surface area contributed by atoms with Crippen LogP contribution in [0.2, 0.25) is 0 Å². The normalized spacial score (nSPS) is 19.2. The van der Waals surface area contributed by atoms with Crippen molar-refractivity contribution < 1.29 is 27.4 Å². The molecule has 0 spiro atoms. The van der Waals surface area contributed by atoms with Crippen LogP contribution < -0.4 is 19.5 Å². The van der Waals surface area contributed by atoms with Crippen LogP contribution in [0.3, 0.4) is 0 Å². The zero-order chi connectivity index (χ0) is 17.0. The van der Waals surface area contributed by atoms with Gasteiger partial charge in [-0.25, -0.2) is 8.42 Å². The largest absolute Gasteiger partial charge is 0.496 e. The van der Waals surface area contributed by atoms with Gasteiger partial charge in [-0.2, -0.15) is 0 Å². The molecule has 1 aliphatic heterocycles. The molecule has 2 rings (SSSR count). The van der Waals surface area contributed by atoms with Crippen molar-refractivity contribution >= 4 is 15.7 Å². The molecule has 0 radical (unpaired) electrons. The van der Waals surface area contributed by atoms with Crippen molar-refractivity contribution in [3.63, 3.8) is 0 Å². The first-order chi connectivity index (χ1) is 10.9. The topological polar surface area (TPSA) is 90.9 Å². The van der Waals surface area contributed by atoms with Crippen LogP contribution in [0.25, 0.3) is 0 Å². The van der Waals surface area contributed by atoms with Crippen LogP contribution in [0.15, 0.2) is 12.1 Å². The van der Waals surface area contributed by atoms with Gasteiger partial charge < -0.3 is 19.5 Å². The maximum atomic E-state index is 12.1. The minimum Gasteiger partial charge on any atom is -0.496 e. The molecule has 1 aromatic rings. The summed E-state index contributed by atoms with van der Waals surface area (Å²) in [5.41, 5.74) is 0.722. The van der Waals surface area contributed by atoms with Gasteiger partial charge in [-0.05, 0) is 12.5 Å². The predicted molar refractivity (Wildman–Crippen MR) is 84.7 cm³/mol. The fraction of sp³-hybridized carbons (Fsp3) is 0.533. The van der Waals surface area contributed by atoms with Gasteiger partial charge in [0.15, 0.2) is 21.3 Å². The van der Waals surface area contributed by atoms with Gasteiger partial charge in [0, 0.05) is 18.2 Å². The number of rotatable bonds is 6. The SMILES string of the molecule is COc1cc(OC)c(OC)cc1CNC(=O)[C@@H]1CCS(=O)(=O)C1.